The maximum atomic E-state index is 12.7. The van der Waals surface area contributed by atoms with Gasteiger partial charge in [-0.3, -0.25) is 4.79 Å². The molecule has 0 unspecified atom stereocenters. The van der Waals surface area contributed by atoms with E-state index in [2.05, 4.69) is 37.4 Å². The van der Waals surface area contributed by atoms with E-state index in [1.54, 1.807) is 0 Å². The SMILES string of the molecule is CC(C)(CNC(=O)C1(c2ccccc2)CC1)c1cccc(Cl)c1. The van der Waals surface area contributed by atoms with Crippen molar-refractivity contribution in [3.05, 3.63) is 70.7 Å². The Morgan fingerprint density at radius 3 is 2.43 bits per heavy atom. The van der Waals surface area contributed by atoms with E-state index < -0.39 is 0 Å². The highest BCUT2D eigenvalue weighted by Crippen LogP contribution is 2.48. The molecule has 0 atom stereocenters. The van der Waals surface area contributed by atoms with Crippen LogP contribution in [0.3, 0.4) is 0 Å². The van der Waals surface area contributed by atoms with Gasteiger partial charge in [0, 0.05) is 17.0 Å². The lowest BCUT2D eigenvalue weighted by molar-refractivity contribution is -0.123. The minimum absolute atomic E-state index is 0.138. The largest absolute Gasteiger partial charge is 0.354 e. The van der Waals surface area contributed by atoms with Crippen LogP contribution in [0.5, 0.6) is 0 Å². The van der Waals surface area contributed by atoms with Gasteiger partial charge in [0.15, 0.2) is 0 Å². The number of carbonyl (C=O) groups excluding carboxylic acids is 1. The second-order valence-electron chi connectivity index (χ2n) is 7.03. The fourth-order valence-corrected chi connectivity index (χ4v) is 3.20. The lowest BCUT2D eigenvalue weighted by Crippen LogP contribution is -2.41. The van der Waals surface area contributed by atoms with Gasteiger partial charge in [0.2, 0.25) is 5.91 Å². The lowest BCUT2D eigenvalue weighted by atomic mass is 9.84. The Labute approximate surface area is 142 Å². The first kappa shape index (κ1) is 16.1. The van der Waals surface area contributed by atoms with E-state index in [1.165, 1.54) is 0 Å². The Morgan fingerprint density at radius 2 is 1.83 bits per heavy atom. The number of hydrogen-bond acceptors (Lipinski definition) is 1. The van der Waals surface area contributed by atoms with Crippen LogP contribution in [0.25, 0.3) is 0 Å². The molecule has 3 rings (SSSR count). The zero-order valence-electron chi connectivity index (χ0n) is 13.6. The quantitative estimate of drug-likeness (QED) is 0.862. The molecule has 0 saturated heterocycles. The molecule has 0 radical (unpaired) electrons. The highest BCUT2D eigenvalue weighted by molar-refractivity contribution is 6.30. The van der Waals surface area contributed by atoms with Gasteiger partial charge in [-0.05, 0) is 36.1 Å². The topological polar surface area (TPSA) is 29.1 Å². The third-order valence-electron chi connectivity index (χ3n) is 4.81. The molecule has 0 aromatic heterocycles. The predicted octanol–water partition coefficient (Wildman–Crippen LogP) is 4.47. The molecule has 0 aliphatic heterocycles. The Balaban J connectivity index is 1.70. The first-order valence-electron chi connectivity index (χ1n) is 8.04. The number of benzene rings is 2. The molecule has 3 heteroatoms. The van der Waals surface area contributed by atoms with Gasteiger partial charge in [0.1, 0.15) is 0 Å². The van der Waals surface area contributed by atoms with Gasteiger partial charge in [-0.15, -0.1) is 0 Å². The summed E-state index contributed by atoms with van der Waals surface area (Å²) in [5, 5.41) is 3.89. The fourth-order valence-electron chi connectivity index (χ4n) is 3.01. The van der Waals surface area contributed by atoms with Crippen LogP contribution >= 0.6 is 11.6 Å². The van der Waals surface area contributed by atoms with Crippen molar-refractivity contribution in [3.63, 3.8) is 0 Å². The zero-order valence-corrected chi connectivity index (χ0v) is 14.4. The number of rotatable bonds is 5. The minimum atomic E-state index is -0.314. The predicted molar refractivity (Wildman–Crippen MR) is 94.8 cm³/mol. The van der Waals surface area contributed by atoms with E-state index in [9.17, 15) is 4.79 Å². The summed E-state index contributed by atoms with van der Waals surface area (Å²) in [6, 6.07) is 17.9. The van der Waals surface area contributed by atoms with Gasteiger partial charge >= 0.3 is 0 Å². The van der Waals surface area contributed by atoms with Gasteiger partial charge in [0.05, 0.1) is 5.41 Å². The molecule has 0 heterocycles. The van der Waals surface area contributed by atoms with Crippen molar-refractivity contribution in [3.8, 4) is 0 Å². The third kappa shape index (κ3) is 3.28. The van der Waals surface area contributed by atoms with E-state index >= 15 is 0 Å². The van der Waals surface area contributed by atoms with Crippen molar-refractivity contribution in [2.45, 2.75) is 37.5 Å². The summed E-state index contributed by atoms with van der Waals surface area (Å²) >= 11 is 6.09. The van der Waals surface area contributed by atoms with Crippen molar-refractivity contribution in [1.29, 1.82) is 0 Å². The standard InChI is InChI=1S/C20H22ClNO/c1-19(2,16-9-6-10-17(21)13-16)14-22-18(23)20(11-12-20)15-7-4-3-5-8-15/h3-10,13H,11-12,14H2,1-2H3,(H,22,23). The van der Waals surface area contributed by atoms with Crippen LogP contribution in [0.2, 0.25) is 5.02 Å². The normalized spacial score (nSPS) is 16.0. The number of nitrogens with one attached hydrogen (secondary N) is 1. The molecule has 1 N–H and O–H groups in total. The number of hydrogen-bond donors (Lipinski definition) is 1. The van der Waals surface area contributed by atoms with Crippen LogP contribution in [-0.4, -0.2) is 12.5 Å². The van der Waals surface area contributed by atoms with Crippen LogP contribution in [-0.2, 0) is 15.6 Å². The second-order valence-corrected chi connectivity index (χ2v) is 7.46. The molecule has 0 spiro atoms. The molecule has 1 aliphatic carbocycles. The molecule has 1 aliphatic rings. The molecule has 120 valence electrons. The van der Waals surface area contributed by atoms with Gasteiger partial charge in [-0.2, -0.15) is 0 Å². The highest BCUT2D eigenvalue weighted by Gasteiger charge is 2.51. The van der Waals surface area contributed by atoms with Crippen LogP contribution < -0.4 is 5.32 Å². The van der Waals surface area contributed by atoms with Crippen LogP contribution in [0, 0.1) is 0 Å². The van der Waals surface area contributed by atoms with Crippen molar-refractivity contribution in [2.75, 3.05) is 6.54 Å². The maximum absolute atomic E-state index is 12.7. The Morgan fingerprint density at radius 1 is 1.13 bits per heavy atom. The molecule has 2 aromatic carbocycles. The second kappa shape index (κ2) is 6.01. The van der Waals surface area contributed by atoms with Gasteiger partial charge < -0.3 is 5.32 Å². The smallest absolute Gasteiger partial charge is 0.230 e. The van der Waals surface area contributed by atoms with Crippen LogP contribution in [0.1, 0.15) is 37.8 Å². The summed E-state index contributed by atoms with van der Waals surface area (Å²) in [6.45, 7) is 4.85. The fraction of sp³-hybridized carbons (Fsp3) is 0.350. The van der Waals surface area contributed by atoms with E-state index in [1.807, 2.05) is 36.4 Å². The van der Waals surface area contributed by atoms with Crippen molar-refractivity contribution in [1.82, 2.24) is 5.32 Å². The van der Waals surface area contributed by atoms with E-state index in [4.69, 9.17) is 11.6 Å². The zero-order chi connectivity index (χ0) is 16.5. The van der Waals surface area contributed by atoms with Crippen LogP contribution in [0.4, 0.5) is 0 Å². The van der Waals surface area contributed by atoms with Crippen molar-refractivity contribution < 1.29 is 4.79 Å². The van der Waals surface area contributed by atoms with Crippen molar-refractivity contribution >= 4 is 17.5 Å². The molecule has 1 fully saturated rings. The first-order chi connectivity index (χ1) is 10.9. The monoisotopic (exact) mass is 327 g/mol. The van der Waals surface area contributed by atoms with E-state index in [0.29, 0.717) is 6.54 Å². The molecule has 0 bridgehead atoms. The summed E-state index contributed by atoms with van der Waals surface area (Å²) < 4.78 is 0. The number of halogens is 1. The summed E-state index contributed by atoms with van der Waals surface area (Å²) in [6.07, 6.45) is 1.86. The minimum Gasteiger partial charge on any atom is -0.354 e. The van der Waals surface area contributed by atoms with Gasteiger partial charge in [0.25, 0.3) is 0 Å². The molecule has 23 heavy (non-hydrogen) atoms. The van der Waals surface area contributed by atoms with Crippen molar-refractivity contribution in [2.24, 2.45) is 0 Å². The third-order valence-corrected chi connectivity index (χ3v) is 5.04. The first-order valence-corrected chi connectivity index (χ1v) is 8.42. The Hall–Kier alpha value is -1.80. The molecular formula is C20H22ClNO. The lowest BCUT2D eigenvalue weighted by Gasteiger charge is -2.27. The van der Waals surface area contributed by atoms with Gasteiger partial charge in [-0.1, -0.05) is 67.9 Å². The summed E-state index contributed by atoms with van der Waals surface area (Å²) in [5.74, 6) is 0.138. The Bertz CT molecular complexity index is 705. The summed E-state index contributed by atoms with van der Waals surface area (Å²) in [4.78, 5) is 12.7. The van der Waals surface area contributed by atoms with Gasteiger partial charge in [-0.25, -0.2) is 0 Å². The molecule has 1 saturated carbocycles. The summed E-state index contributed by atoms with van der Waals surface area (Å²) in [5.41, 5.74) is 1.78. The Kier molecular flexibility index (Phi) is 4.20. The highest BCUT2D eigenvalue weighted by atomic mass is 35.5. The summed E-state index contributed by atoms with van der Waals surface area (Å²) in [7, 11) is 0. The molecule has 2 aromatic rings. The molecular weight excluding hydrogens is 306 g/mol. The average molecular weight is 328 g/mol. The van der Waals surface area contributed by atoms with Crippen LogP contribution in [0.15, 0.2) is 54.6 Å². The van der Waals surface area contributed by atoms with E-state index in [0.717, 1.165) is 29.0 Å². The molecule has 2 nitrogen and oxygen atoms in total. The maximum Gasteiger partial charge on any atom is 0.230 e. The average Bonchev–Trinajstić information content (AvgIpc) is 3.35. The number of carbonyl (C=O) groups is 1. The molecule has 1 amide bonds. The number of amides is 1. The van der Waals surface area contributed by atoms with E-state index in [-0.39, 0.29) is 16.7 Å².